The highest BCUT2D eigenvalue weighted by Gasteiger charge is 2.02. The van der Waals surface area contributed by atoms with Crippen molar-refractivity contribution in [3.8, 4) is 11.8 Å². The monoisotopic (exact) mass is 267 g/mol. The summed E-state index contributed by atoms with van der Waals surface area (Å²) in [6.07, 6.45) is 3.10. The van der Waals surface area contributed by atoms with Gasteiger partial charge in [0, 0.05) is 29.0 Å². The predicted octanol–water partition coefficient (Wildman–Crippen LogP) is 1.69. The summed E-state index contributed by atoms with van der Waals surface area (Å²) in [5, 5.41) is 19.3. The van der Waals surface area contributed by atoms with E-state index in [0.717, 1.165) is 37.9 Å². The van der Waals surface area contributed by atoms with Gasteiger partial charge < -0.3 is 15.1 Å². The molecule has 0 aliphatic rings. The van der Waals surface area contributed by atoms with Gasteiger partial charge in [0.2, 0.25) is 0 Å². The van der Waals surface area contributed by atoms with Crippen LogP contribution in [0, 0.1) is 11.8 Å². The first-order chi connectivity index (χ1) is 8.76. The molecule has 0 spiro atoms. The fraction of sp³-hybridized carbons (Fsp3) is 0.571. The molecule has 1 aromatic heterocycles. The van der Waals surface area contributed by atoms with Gasteiger partial charge in [-0.2, -0.15) is 0 Å². The molecule has 3 nitrogen and oxygen atoms in total. The summed E-state index contributed by atoms with van der Waals surface area (Å²) in [7, 11) is 2.11. The smallest absolute Gasteiger partial charge is 0.104 e. The minimum atomic E-state index is -0.0874. The third kappa shape index (κ3) is 6.18. The molecule has 0 aromatic carbocycles. The molecule has 0 saturated heterocycles. The van der Waals surface area contributed by atoms with Gasteiger partial charge in [0.25, 0.3) is 0 Å². The predicted molar refractivity (Wildman–Crippen MR) is 75.6 cm³/mol. The first-order valence-corrected chi connectivity index (χ1v) is 7.10. The van der Waals surface area contributed by atoms with Crippen molar-refractivity contribution < 1.29 is 10.2 Å². The number of thiophene rings is 1. The van der Waals surface area contributed by atoms with Gasteiger partial charge in [0.15, 0.2) is 0 Å². The van der Waals surface area contributed by atoms with E-state index in [-0.39, 0.29) is 6.61 Å². The van der Waals surface area contributed by atoms with Crippen LogP contribution in [0.1, 0.15) is 29.7 Å². The van der Waals surface area contributed by atoms with E-state index < -0.39 is 0 Å². The average Bonchev–Trinajstić information content (AvgIpc) is 2.80. The molecule has 0 aliphatic carbocycles. The van der Waals surface area contributed by atoms with Gasteiger partial charge in [-0.1, -0.05) is 11.8 Å². The second-order valence-electron chi connectivity index (χ2n) is 4.28. The van der Waals surface area contributed by atoms with Crippen LogP contribution in [0.3, 0.4) is 0 Å². The molecule has 0 saturated carbocycles. The zero-order valence-electron chi connectivity index (χ0n) is 10.9. The van der Waals surface area contributed by atoms with Gasteiger partial charge in [0.1, 0.15) is 6.61 Å². The van der Waals surface area contributed by atoms with E-state index in [0.29, 0.717) is 6.61 Å². The Morgan fingerprint density at radius 2 is 2.11 bits per heavy atom. The van der Waals surface area contributed by atoms with Gasteiger partial charge in [0.05, 0.1) is 0 Å². The maximum absolute atomic E-state index is 8.70. The summed E-state index contributed by atoms with van der Waals surface area (Å²) < 4.78 is 0. The SMILES string of the molecule is CN(CCCCCO)Cc1cc(C#CCO)cs1. The molecule has 0 bridgehead atoms. The van der Waals surface area contributed by atoms with Crippen molar-refractivity contribution in [2.45, 2.75) is 25.8 Å². The van der Waals surface area contributed by atoms with Gasteiger partial charge >= 0.3 is 0 Å². The molecule has 100 valence electrons. The number of rotatable bonds is 7. The lowest BCUT2D eigenvalue weighted by molar-refractivity contribution is 0.271. The third-order valence-corrected chi connectivity index (χ3v) is 3.51. The zero-order valence-corrected chi connectivity index (χ0v) is 11.7. The van der Waals surface area contributed by atoms with E-state index in [1.807, 2.05) is 5.38 Å². The van der Waals surface area contributed by atoms with Gasteiger partial charge in [-0.25, -0.2) is 0 Å². The van der Waals surface area contributed by atoms with E-state index in [1.165, 1.54) is 4.88 Å². The zero-order chi connectivity index (χ0) is 13.2. The topological polar surface area (TPSA) is 43.7 Å². The van der Waals surface area contributed by atoms with Crippen LogP contribution < -0.4 is 0 Å². The van der Waals surface area contributed by atoms with Crippen LogP contribution in [0.4, 0.5) is 0 Å². The maximum atomic E-state index is 8.70. The molecule has 2 N–H and O–H groups in total. The van der Waals surface area contributed by atoms with Crippen molar-refractivity contribution in [2.75, 3.05) is 26.8 Å². The van der Waals surface area contributed by atoms with Crippen molar-refractivity contribution in [2.24, 2.45) is 0 Å². The lowest BCUT2D eigenvalue weighted by Gasteiger charge is -2.14. The first-order valence-electron chi connectivity index (χ1n) is 6.23. The Hall–Kier alpha value is -0.860. The van der Waals surface area contributed by atoms with Gasteiger partial charge in [-0.3, -0.25) is 0 Å². The molecular weight excluding hydrogens is 246 g/mol. The van der Waals surface area contributed by atoms with E-state index >= 15 is 0 Å². The van der Waals surface area contributed by atoms with Crippen LogP contribution in [0.2, 0.25) is 0 Å². The highest BCUT2D eigenvalue weighted by atomic mass is 32.1. The number of hydrogen-bond donors (Lipinski definition) is 2. The van der Waals surface area contributed by atoms with Crippen molar-refractivity contribution in [3.63, 3.8) is 0 Å². The number of hydrogen-bond acceptors (Lipinski definition) is 4. The molecule has 0 atom stereocenters. The normalized spacial score (nSPS) is 10.4. The molecule has 0 amide bonds. The van der Waals surface area contributed by atoms with Crippen LogP contribution in [0.15, 0.2) is 11.4 Å². The van der Waals surface area contributed by atoms with Crippen molar-refractivity contribution in [1.82, 2.24) is 4.90 Å². The van der Waals surface area contributed by atoms with Crippen molar-refractivity contribution in [1.29, 1.82) is 0 Å². The summed E-state index contributed by atoms with van der Waals surface area (Å²) in [6.45, 7) is 2.19. The molecule has 1 aromatic rings. The second-order valence-corrected chi connectivity index (χ2v) is 5.28. The van der Waals surface area contributed by atoms with E-state index in [1.54, 1.807) is 11.3 Å². The molecule has 1 rings (SSSR count). The van der Waals surface area contributed by atoms with E-state index in [9.17, 15) is 0 Å². The number of aliphatic hydroxyl groups is 2. The highest BCUT2D eigenvalue weighted by Crippen LogP contribution is 2.15. The summed E-state index contributed by atoms with van der Waals surface area (Å²) in [6, 6.07) is 2.08. The molecule has 4 heteroatoms. The largest absolute Gasteiger partial charge is 0.396 e. The first kappa shape index (κ1) is 15.2. The van der Waals surface area contributed by atoms with Crippen LogP contribution in [0.25, 0.3) is 0 Å². The third-order valence-electron chi connectivity index (χ3n) is 2.59. The Morgan fingerprint density at radius 1 is 1.28 bits per heavy atom. The van der Waals surface area contributed by atoms with Gasteiger partial charge in [-0.15, -0.1) is 11.3 Å². The summed E-state index contributed by atoms with van der Waals surface area (Å²) in [4.78, 5) is 3.58. The molecule has 0 unspecified atom stereocenters. The number of aliphatic hydroxyl groups excluding tert-OH is 2. The molecule has 0 aliphatic heterocycles. The fourth-order valence-electron chi connectivity index (χ4n) is 1.69. The Labute approximate surface area is 113 Å². The van der Waals surface area contributed by atoms with Gasteiger partial charge in [-0.05, 0) is 38.9 Å². The quantitative estimate of drug-likeness (QED) is 0.583. The van der Waals surface area contributed by atoms with Crippen LogP contribution in [-0.2, 0) is 6.54 Å². The Bertz CT molecular complexity index is 392. The standard InChI is InChI=1S/C14H21NO2S/c1-15(7-3-2-4-8-16)11-14-10-13(12-18-14)6-5-9-17/h10,12,16-17H,2-4,7-9,11H2,1H3. The summed E-state index contributed by atoms with van der Waals surface area (Å²) in [5.41, 5.74) is 0.984. The van der Waals surface area contributed by atoms with E-state index in [2.05, 4.69) is 29.9 Å². The lowest BCUT2D eigenvalue weighted by Crippen LogP contribution is -2.18. The Morgan fingerprint density at radius 3 is 2.83 bits per heavy atom. The fourth-order valence-corrected chi connectivity index (χ4v) is 2.58. The molecule has 18 heavy (non-hydrogen) atoms. The number of nitrogens with zero attached hydrogens (tertiary/aromatic N) is 1. The minimum Gasteiger partial charge on any atom is -0.396 e. The molecule has 0 fully saturated rings. The minimum absolute atomic E-state index is 0.0874. The Kier molecular flexibility index (Phi) is 7.70. The lowest BCUT2D eigenvalue weighted by atomic mass is 10.2. The van der Waals surface area contributed by atoms with Crippen LogP contribution in [-0.4, -0.2) is 41.9 Å². The van der Waals surface area contributed by atoms with Crippen molar-refractivity contribution in [3.05, 3.63) is 21.9 Å². The highest BCUT2D eigenvalue weighted by molar-refractivity contribution is 7.10. The van der Waals surface area contributed by atoms with Crippen LogP contribution >= 0.6 is 11.3 Å². The molecular formula is C14H21NO2S. The average molecular weight is 267 g/mol. The Balaban J connectivity index is 2.30. The van der Waals surface area contributed by atoms with Crippen LogP contribution in [0.5, 0.6) is 0 Å². The van der Waals surface area contributed by atoms with Crippen molar-refractivity contribution >= 4 is 11.3 Å². The summed E-state index contributed by atoms with van der Waals surface area (Å²) in [5.74, 6) is 5.57. The summed E-state index contributed by atoms with van der Waals surface area (Å²) >= 11 is 1.71. The second kappa shape index (κ2) is 9.12. The maximum Gasteiger partial charge on any atom is 0.104 e. The molecule has 1 heterocycles. The molecule has 0 radical (unpaired) electrons. The van der Waals surface area contributed by atoms with E-state index in [4.69, 9.17) is 10.2 Å². The number of unbranched alkanes of at least 4 members (excludes halogenated alkanes) is 2.